The molecule has 0 spiro atoms. The van der Waals surface area contributed by atoms with Crippen molar-refractivity contribution in [3.05, 3.63) is 82.6 Å². The third-order valence-electron chi connectivity index (χ3n) is 4.34. The number of hydrogen-bond acceptors (Lipinski definition) is 2. The van der Waals surface area contributed by atoms with Crippen LogP contribution in [0.2, 0.25) is 0 Å². The molecule has 0 saturated carbocycles. The maximum absolute atomic E-state index is 4.77. The van der Waals surface area contributed by atoms with Gasteiger partial charge in [-0.1, -0.05) is 59.3 Å². The summed E-state index contributed by atoms with van der Waals surface area (Å²) >= 11 is 3.47. The molecule has 2 aromatic carbocycles. The van der Waals surface area contributed by atoms with E-state index in [0.29, 0.717) is 0 Å². The van der Waals surface area contributed by atoms with E-state index in [1.807, 2.05) is 12.1 Å². The summed E-state index contributed by atoms with van der Waals surface area (Å²) in [5.41, 5.74) is 5.53. The molecule has 0 N–H and O–H groups in total. The molecule has 0 unspecified atom stereocenters. The molecule has 0 radical (unpaired) electrons. The minimum absolute atomic E-state index is 0.814. The molecule has 0 aromatic heterocycles. The molecule has 2 heterocycles. The van der Waals surface area contributed by atoms with Gasteiger partial charge < -0.3 is 4.57 Å². The number of halogens is 1. The quantitative estimate of drug-likeness (QED) is 0.464. The van der Waals surface area contributed by atoms with E-state index in [0.717, 1.165) is 40.2 Å². The van der Waals surface area contributed by atoms with Crippen LogP contribution in [0.25, 0.3) is 22.8 Å². The fourth-order valence-corrected chi connectivity index (χ4v) is 3.28. The zero-order valence-electron chi connectivity index (χ0n) is 14.0. The van der Waals surface area contributed by atoms with Crippen LogP contribution in [0.3, 0.4) is 0 Å². The lowest BCUT2D eigenvalue weighted by atomic mass is 10.1. The summed E-state index contributed by atoms with van der Waals surface area (Å²) in [4.78, 5) is 9.49. The molecule has 0 amide bonds. The third-order valence-corrected chi connectivity index (χ3v) is 4.87. The predicted molar refractivity (Wildman–Crippen MR) is 105 cm³/mol. The van der Waals surface area contributed by atoms with Gasteiger partial charge in [0, 0.05) is 29.0 Å². The van der Waals surface area contributed by atoms with Gasteiger partial charge in [0.2, 0.25) is 0 Å². The second-order valence-corrected chi connectivity index (χ2v) is 6.99. The molecule has 0 saturated heterocycles. The van der Waals surface area contributed by atoms with Gasteiger partial charge in [-0.3, -0.25) is 0 Å². The predicted octanol–water partition coefficient (Wildman–Crippen LogP) is 5.42. The highest BCUT2D eigenvalue weighted by Gasteiger charge is 2.14. The number of aromatic nitrogens is 3. The lowest BCUT2D eigenvalue weighted by molar-refractivity contribution is 0.789. The van der Waals surface area contributed by atoms with Gasteiger partial charge in [0.1, 0.15) is 5.69 Å². The van der Waals surface area contributed by atoms with Crippen LogP contribution < -0.4 is 0 Å². The number of hydrogen-bond donors (Lipinski definition) is 0. The average molecular weight is 392 g/mol. The summed E-state index contributed by atoms with van der Waals surface area (Å²) in [7, 11) is 0. The first kappa shape index (κ1) is 16.0. The van der Waals surface area contributed by atoms with Gasteiger partial charge in [-0.15, -0.1) is 0 Å². The second-order valence-electron chi connectivity index (χ2n) is 6.07. The Balaban J connectivity index is 1.68. The van der Waals surface area contributed by atoms with Crippen LogP contribution in [0, 0.1) is 0 Å². The summed E-state index contributed by atoms with van der Waals surface area (Å²) < 4.78 is 3.24. The topological polar surface area (TPSA) is 30.7 Å². The van der Waals surface area contributed by atoms with Gasteiger partial charge >= 0.3 is 0 Å². The van der Waals surface area contributed by atoms with Crippen molar-refractivity contribution in [1.29, 1.82) is 0 Å². The van der Waals surface area contributed by atoms with Crippen molar-refractivity contribution in [2.24, 2.45) is 0 Å². The Labute approximate surface area is 155 Å². The normalized spacial score (nSPS) is 11.1. The van der Waals surface area contributed by atoms with Gasteiger partial charge in [0.05, 0.1) is 5.69 Å². The van der Waals surface area contributed by atoms with Crippen LogP contribution >= 0.6 is 15.9 Å². The average Bonchev–Trinajstić information content (AvgIpc) is 3.07. The van der Waals surface area contributed by atoms with E-state index in [4.69, 9.17) is 9.97 Å². The van der Waals surface area contributed by atoms with Crippen LogP contribution in [0.15, 0.2) is 71.5 Å². The third kappa shape index (κ3) is 3.35. The molecular formula is C21H18BrN3. The van der Waals surface area contributed by atoms with Gasteiger partial charge in [-0.2, -0.15) is 0 Å². The number of pyridine rings is 1. The molecule has 3 nitrogen and oxygen atoms in total. The van der Waals surface area contributed by atoms with E-state index < -0.39 is 0 Å². The Morgan fingerprint density at radius 2 is 1.68 bits per heavy atom. The lowest BCUT2D eigenvalue weighted by Gasteiger charge is -2.08. The monoisotopic (exact) mass is 391 g/mol. The van der Waals surface area contributed by atoms with Gasteiger partial charge in [-0.25, -0.2) is 9.97 Å². The minimum atomic E-state index is 0.814. The van der Waals surface area contributed by atoms with Crippen molar-refractivity contribution in [3.63, 3.8) is 0 Å². The van der Waals surface area contributed by atoms with E-state index >= 15 is 0 Å². The number of rotatable bonds is 4. The largest absolute Gasteiger partial charge is 0.348 e. The van der Waals surface area contributed by atoms with Crippen molar-refractivity contribution in [3.8, 4) is 22.8 Å². The molecule has 0 fully saturated rings. The summed E-state index contributed by atoms with van der Waals surface area (Å²) in [6, 6.07) is 18.8. The molecule has 2 aromatic rings. The Morgan fingerprint density at radius 1 is 0.920 bits per heavy atom. The van der Waals surface area contributed by atoms with Crippen LogP contribution in [-0.4, -0.2) is 14.5 Å². The van der Waals surface area contributed by atoms with Crippen LogP contribution in [0.4, 0.5) is 0 Å². The van der Waals surface area contributed by atoms with E-state index in [9.17, 15) is 0 Å². The Morgan fingerprint density at radius 3 is 2.48 bits per heavy atom. The zero-order chi connectivity index (χ0) is 17.2. The first-order valence-corrected chi connectivity index (χ1v) is 9.18. The van der Waals surface area contributed by atoms with Gasteiger partial charge in [-0.05, 0) is 35.7 Å². The van der Waals surface area contributed by atoms with E-state index in [-0.39, 0.29) is 0 Å². The smallest absolute Gasteiger partial charge is 0.160 e. The van der Waals surface area contributed by atoms with E-state index in [2.05, 4.69) is 82.3 Å². The Bertz CT molecular complexity index is 973. The highest BCUT2D eigenvalue weighted by Crippen LogP contribution is 2.27. The van der Waals surface area contributed by atoms with Crippen molar-refractivity contribution < 1.29 is 0 Å². The lowest BCUT2D eigenvalue weighted by Crippen LogP contribution is -2.00. The maximum Gasteiger partial charge on any atom is 0.160 e. The minimum Gasteiger partial charge on any atom is -0.348 e. The molecule has 2 aliphatic rings. The van der Waals surface area contributed by atoms with Crippen molar-refractivity contribution >= 4 is 15.9 Å². The number of benzene rings is 2. The second kappa shape index (κ2) is 6.81. The van der Waals surface area contributed by atoms with Crippen molar-refractivity contribution in [2.45, 2.75) is 19.9 Å². The van der Waals surface area contributed by atoms with Crippen LogP contribution in [-0.2, 0) is 13.0 Å². The summed E-state index contributed by atoms with van der Waals surface area (Å²) in [5, 5.41) is 0. The first-order chi connectivity index (χ1) is 12.2. The zero-order valence-corrected chi connectivity index (χ0v) is 15.6. The molecule has 4 heteroatoms. The molecule has 0 aliphatic carbocycles. The number of imidazole rings is 1. The molecule has 0 atom stereocenters. The standard InChI is InChI=1S/C21H18BrN3/c1-2-16-5-3-4-6-18(16)21-23-19-11-12-25(14-20(19)24-21)13-15-7-9-17(22)10-8-15/h3-12,14H,2,13H2,1H3. The molecule has 2 aliphatic heterocycles. The fraction of sp³-hybridized carbons (Fsp3) is 0.143. The van der Waals surface area contributed by atoms with Crippen LogP contribution in [0.5, 0.6) is 0 Å². The molecular weight excluding hydrogens is 374 g/mol. The van der Waals surface area contributed by atoms with Crippen LogP contribution in [0.1, 0.15) is 18.1 Å². The summed E-state index contributed by atoms with van der Waals surface area (Å²) in [6.07, 6.45) is 5.11. The SMILES string of the molecule is CCc1ccccc1-c1nc2ccn(Cc3ccc(Br)cc3)cc-2n1. The molecule has 124 valence electrons. The van der Waals surface area contributed by atoms with Crippen molar-refractivity contribution in [2.75, 3.05) is 0 Å². The Kier molecular flexibility index (Phi) is 4.36. The first-order valence-electron chi connectivity index (χ1n) is 8.39. The van der Waals surface area contributed by atoms with Gasteiger partial charge in [0.15, 0.2) is 5.82 Å². The summed E-state index contributed by atoms with van der Waals surface area (Å²) in [5.74, 6) is 0.814. The highest BCUT2D eigenvalue weighted by atomic mass is 79.9. The number of fused-ring (bicyclic) bond motifs is 1. The summed E-state index contributed by atoms with van der Waals surface area (Å²) in [6.45, 7) is 2.98. The maximum atomic E-state index is 4.77. The van der Waals surface area contributed by atoms with E-state index in [1.165, 1.54) is 11.1 Å². The fourth-order valence-electron chi connectivity index (χ4n) is 3.02. The Hall–Kier alpha value is -2.46. The van der Waals surface area contributed by atoms with E-state index in [1.54, 1.807) is 0 Å². The molecule has 4 rings (SSSR count). The molecule has 25 heavy (non-hydrogen) atoms. The number of nitrogens with zero attached hydrogens (tertiary/aromatic N) is 3. The highest BCUT2D eigenvalue weighted by molar-refractivity contribution is 9.10. The number of aryl methyl sites for hydroxylation is 1. The van der Waals surface area contributed by atoms with Gasteiger partial charge in [0.25, 0.3) is 0 Å². The molecule has 0 bridgehead atoms. The van der Waals surface area contributed by atoms with Crippen molar-refractivity contribution in [1.82, 2.24) is 14.5 Å².